The Morgan fingerprint density at radius 3 is 2.59 bits per heavy atom. The minimum Gasteiger partial charge on any atom is -0.369 e. The molecule has 17 heavy (non-hydrogen) atoms. The molecule has 0 saturated heterocycles. The van der Waals surface area contributed by atoms with Gasteiger partial charge in [0.15, 0.2) is 4.34 Å². The third-order valence-electron chi connectivity index (χ3n) is 1.65. The van der Waals surface area contributed by atoms with Gasteiger partial charge < -0.3 is 11.1 Å². The van der Waals surface area contributed by atoms with E-state index in [2.05, 4.69) is 15.5 Å². The highest BCUT2D eigenvalue weighted by molar-refractivity contribution is 8.01. The molecule has 0 aliphatic rings. The smallest absolute Gasteiger partial charge is 0.231 e. The van der Waals surface area contributed by atoms with E-state index in [1.165, 1.54) is 23.1 Å². The number of nitrogens with one attached hydrogen (secondary N) is 1. The van der Waals surface area contributed by atoms with Crippen LogP contribution in [0.1, 0.15) is 20.8 Å². The molecule has 0 radical (unpaired) electrons. The summed E-state index contributed by atoms with van der Waals surface area (Å²) in [7, 11) is 0. The van der Waals surface area contributed by atoms with Crippen LogP contribution in [0, 0.1) is 5.41 Å². The van der Waals surface area contributed by atoms with Crippen LogP contribution in [-0.4, -0.2) is 27.8 Å². The number of thioether (sulfide) groups is 1. The fourth-order valence-electron chi connectivity index (χ4n) is 0.736. The number of rotatable bonds is 4. The van der Waals surface area contributed by atoms with E-state index in [9.17, 15) is 9.59 Å². The van der Waals surface area contributed by atoms with Crippen molar-refractivity contribution >= 4 is 40.0 Å². The Bertz CT molecular complexity index is 425. The summed E-state index contributed by atoms with van der Waals surface area (Å²) < 4.78 is 0.605. The predicted octanol–water partition coefficient (Wildman–Crippen LogP) is 1.10. The Hall–Kier alpha value is -1.15. The molecule has 1 aromatic heterocycles. The molecule has 0 fully saturated rings. The van der Waals surface area contributed by atoms with Gasteiger partial charge in [-0.05, 0) is 0 Å². The van der Waals surface area contributed by atoms with E-state index >= 15 is 0 Å². The number of carbonyl (C=O) groups is 2. The van der Waals surface area contributed by atoms with Gasteiger partial charge in [-0.2, -0.15) is 0 Å². The Morgan fingerprint density at radius 1 is 1.41 bits per heavy atom. The van der Waals surface area contributed by atoms with E-state index in [1.54, 1.807) is 0 Å². The molecular weight excluding hydrogens is 260 g/mol. The summed E-state index contributed by atoms with van der Waals surface area (Å²) in [6, 6.07) is 0. The highest BCUT2D eigenvalue weighted by Crippen LogP contribution is 2.26. The van der Waals surface area contributed by atoms with Gasteiger partial charge in [-0.3, -0.25) is 9.59 Å². The van der Waals surface area contributed by atoms with Gasteiger partial charge in [0, 0.05) is 5.41 Å². The van der Waals surface area contributed by atoms with Crippen molar-refractivity contribution in [3.05, 3.63) is 0 Å². The zero-order valence-electron chi connectivity index (χ0n) is 9.81. The van der Waals surface area contributed by atoms with Crippen molar-refractivity contribution in [3.63, 3.8) is 0 Å². The molecule has 0 aliphatic heterocycles. The standard InChI is InChI=1S/C9H14N4O2S2/c1-9(2,3)6(15)11-7-12-13-8(17-7)16-4-5(10)14/h4H2,1-3H3,(H2,10,14)(H,11,12,15). The minimum atomic E-state index is -0.480. The molecular formula is C9H14N4O2S2. The van der Waals surface area contributed by atoms with Gasteiger partial charge in [-0.15, -0.1) is 10.2 Å². The van der Waals surface area contributed by atoms with Crippen LogP contribution in [0.15, 0.2) is 4.34 Å². The van der Waals surface area contributed by atoms with Gasteiger partial charge in [0.2, 0.25) is 16.9 Å². The van der Waals surface area contributed by atoms with E-state index in [4.69, 9.17) is 5.73 Å². The van der Waals surface area contributed by atoms with Crippen LogP contribution in [0.4, 0.5) is 5.13 Å². The Labute approximate surface area is 107 Å². The number of amides is 2. The number of nitrogens with two attached hydrogens (primary N) is 1. The van der Waals surface area contributed by atoms with Gasteiger partial charge in [0.25, 0.3) is 0 Å². The van der Waals surface area contributed by atoms with Crippen LogP contribution < -0.4 is 11.1 Å². The number of carbonyl (C=O) groups excluding carboxylic acids is 2. The zero-order chi connectivity index (χ0) is 13.1. The summed E-state index contributed by atoms with van der Waals surface area (Å²) in [6.45, 7) is 5.43. The second kappa shape index (κ2) is 5.46. The number of anilines is 1. The van der Waals surface area contributed by atoms with Gasteiger partial charge in [0.05, 0.1) is 5.75 Å². The second-order valence-electron chi connectivity index (χ2n) is 4.33. The average molecular weight is 274 g/mol. The summed E-state index contributed by atoms with van der Waals surface area (Å²) >= 11 is 2.42. The van der Waals surface area contributed by atoms with Gasteiger partial charge in [-0.25, -0.2) is 0 Å². The lowest BCUT2D eigenvalue weighted by Gasteiger charge is -2.15. The summed E-state index contributed by atoms with van der Waals surface area (Å²) in [5.74, 6) is -0.382. The fraction of sp³-hybridized carbons (Fsp3) is 0.556. The first-order valence-electron chi connectivity index (χ1n) is 4.85. The van der Waals surface area contributed by atoms with Crippen LogP contribution in [0.5, 0.6) is 0 Å². The summed E-state index contributed by atoms with van der Waals surface area (Å²) in [6.07, 6.45) is 0. The lowest BCUT2D eigenvalue weighted by Crippen LogP contribution is -2.27. The minimum absolute atomic E-state index is 0.125. The highest BCUT2D eigenvalue weighted by Gasteiger charge is 2.22. The molecule has 0 atom stereocenters. The van der Waals surface area contributed by atoms with E-state index in [1.807, 2.05) is 20.8 Å². The maximum absolute atomic E-state index is 11.7. The van der Waals surface area contributed by atoms with Crippen LogP contribution in [0.25, 0.3) is 0 Å². The second-order valence-corrected chi connectivity index (χ2v) is 6.53. The lowest BCUT2D eigenvalue weighted by atomic mass is 9.96. The third-order valence-corrected chi connectivity index (χ3v) is 3.64. The lowest BCUT2D eigenvalue weighted by molar-refractivity contribution is -0.123. The molecule has 0 bridgehead atoms. The van der Waals surface area contributed by atoms with Gasteiger partial charge in [-0.1, -0.05) is 43.9 Å². The summed E-state index contributed by atoms with van der Waals surface area (Å²) in [4.78, 5) is 22.2. The first kappa shape index (κ1) is 13.9. The molecule has 8 heteroatoms. The molecule has 3 N–H and O–H groups in total. The fourth-order valence-corrected chi connectivity index (χ4v) is 2.22. The predicted molar refractivity (Wildman–Crippen MR) is 67.9 cm³/mol. The number of nitrogens with zero attached hydrogens (tertiary/aromatic N) is 2. The number of hydrogen-bond acceptors (Lipinski definition) is 6. The highest BCUT2D eigenvalue weighted by atomic mass is 32.2. The Balaban J connectivity index is 2.57. The van der Waals surface area contributed by atoms with Crippen molar-refractivity contribution in [1.29, 1.82) is 0 Å². The molecule has 0 unspecified atom stereocenters. The van der Waals surface area contributed by atoms with E-state index in [0.29, 0.717) is 9.47 Å². The first-order chi connectivity index (χ1) is 7.79. The summed E-state index contributed by atoms with van der Waals surface area (Å²) in [5.41, 5.74) is 4.53. The molecule has 0 aromatic carbocycles. The monoisotopic (exact) mass is 274 g/mol. The molecule has 0 saturated carbocycles. The normalized spacial score (nSPS) is 11.2. The van der Waals surface area contributed by atoms with Gasteiger partial charge in [0.1, 0.15) is 0 Å². The van der Waals surface area contributed by atoms with E-state index < -0.39 is 11.3 Å². The zero-order valence-corrected chi connectivity index (χ0v) is 11.4. The third kappa shape index (κ3) is 4.70. The van der Waals surface area contributed by atoms with Crippen molar-refractivity contribution in [2.24, 2.45) is 11.1 Å². The Morgan fingerprint density at radius 2 is 2.06 bits per heavy atom. The van der Waals surface area contributed by atoms with E-state index in [-0.39, 0.29) is 11.7 Å². The summed E-state index contributed by atoms with van der Waals surface area (Å²) in [5, 5.41) is 10.7. The molecule has 0 aliphatic carbocycles. The maximum Gasteiger partial charge on any atom is 0.231 e. The van der Waals surface area contributed by atoms with Crippen LogP contribution in [0.2, 0.25) is 0 Å². The molecule has 1 rings (SSSR count). The average Bonchev–Trinajstić information content (AvgIpc) is 2.61. The quantitative estimate of drug-likeness (QED) is 0.633. The van der Waals surface area contributed by atoms with Crippen LogP contribution >= 0.6 is 23.1 Å². The number of hydrogen-bond donors (Lipinski definition) is 2. The van der Waals surface area contributed by atoms with Gasteiger partial charge >= 0.3 is 0 Å². The SMILES string of the molecule is CC(C)(C)C(=O)Nc1nnc(SCC(N)=O)s1. The maximum atomic E-state index is 11.7. The van der Waals surface area contributed by atoms with Crippen molar-refractivity contribution in [3.8, 4) is 0 Å². The molecule has 94 valence electrons. The Kier molecular flexibility index (Phi) is 4.47. The number of primary amides is 1. The van der Waals surface area contributed by atoms with Crippen molar-refractivity contribution < 1.29 is 9.59 Å². The molecule has 1 aromatic rings. The molecule has 0 spiro atoms. The molecule has 2 amide bonds. The van der Waals surface area contributed by atoms with Crippen molar-refractivity contribution in [2.45, 2.75) is 25.1 Å². The molecule has 6 nitrogen and oxygen atoms in total. The first-order valence-corrected chi connectivity index (χ1v) is 6.65. The van der Waals surface area contributed by atoms with Crippen LogP contribution in [-0.2, 0) is 9.59 Å². The van der Waals surface area contributed by atoms with E-state index in [0.717, 1.165) is 0 Å². The topological polar surface area (TPSA) is 98.0 Å². The van der Waals surface area contributed by atoms with Crippen molar-refractivity contribution in [1.82, 2.24) is 10.2 Å². The largest absolute Gasteiger partial charge is 0.369 e. The van der Waals surface area contributed by atoms with Crippen LogP contribution in [0.3, 0.4) is 0 Å². The molecule has 1 heterocycles. The number of aromatic nitrogens is 2. The van der Waals surface area contributed by atoms with Crippen molar-refractivity contribution in [2.75, 3.05) is 11.1 Å².